The zero-order valence-corrected chi connectivity index (χ0v) is 12.5. The molecule has 1 aliphatic heterocycles. The molecule has 2 nitrogen and oxygen atoms in total. The van der Waals surface area contributed by atoms with E-state index in [0.29, 0.717) is 12.1 Å². The molecular weight excluding hydrogens is 240 g/mol. The van der Waals surface area contributed by atoms with Crippen LogP contribution in [0.5, 0.6) is 0 Å². The Bertz CT molecular complexity index is 334. The van der Waals surface area contributed by atoms with E-state index in [9.17, 15) is 0 Å². The summed E-state index contributed by atoms with van der Waals surface area (Å²) in [5.41, 5.74) is 7.70. The maximum absolute atomic E-state index is 6.29. The van der Waals surface area contributed by atoms with Gasteiger partial charge in [0.05, 0.1) is 6.04 Å². The largest absolute Gasteiger partial charge is 0.326 e. The second-order valence-corrected chi connectivity index (χ2v) is 6.29. The Morgan fingerprint density at radius 1 is 1.44 bits per heavy atom. The highest BCUT2D eigenvalue weighted by Gasteiger charge is 2.30. The Morgan fingerprint density at radius 3 is 2.89 bits per heavy atom. The van der Waals surface area contributed by atoms with E-state index < -0.39 is 0 Å². The van der Waals surface area contributed by atoms with E-state index in [4.69, 9.17) is 5.73 Å². The van der Waals surface area contributed by atoms with Crippen LogP contribution < -0.4 is 5.73 Å². The van der Waals surface area contributed by atoms with Crippen LogP contribution in [0, 0.1) is 0 Å². The molecule has 18 heavy (non-hydrogen) atoms. The van der Waals surface area contributed by atoms with Gasteiger partial charge in [-0.25, -0.2) is 0 Å². The number of likely N-dealkylation sites (tertiary alicyclic amines) is 1. The van der Waals surface area contributed by atoms with E-state index in [1.54, 1.807) is 11.3 Å². The number of nitrogens with two attached hydrogens (primary N) is 1. The van der Waals surface area contributed by atoms with Gasteiger partial charge < -0.3 is 5.73 Å². The molecule has 0 amide bonds. The smallest absolute Gasteiger partial charge is 0.0507 e. The van der Waals surface area contributed by atoms with Crippen LogP contribution in [0.25, 0.3) is 0 Å². The van der Waals surface area contributed by atoms with Crippen molar-refractivity contribution in [3.63, 3.8) is 0 Å². The first kappa shape index (κ1) is 14.0. The van der Waals surface area contributed by atoms with Gasteiger partial charge in [-0.1, -0.05) is 19.8 Å². The van der Waals surface area contributed by atoms with Crippen LogP contribution in [0.4, 0.5) is 0 Å². The zero-order chi connectivity index (χ0) is 13.0. The summed E-state index contributed by atoms with van der Waals surface area (Å²) in [7, 11) is 0. The van der Waals surface area contributed by atoms with Gasteiger partial charge in [-0.2, -0.15) is 11.3 Å². The standard InChI is InChI=1S/C15H26N2S/c1-3-14-7-5-4-6-9-17(14)15(12(2)16)13-8-10-18-11-13/h8,10-12,14-15H,3-7,9,16H2,1-2H3. The van der Waals surface area contributed by atoms with Crippen LogP contribution >= 0.6 is 11.3 Å². The predicted octanol–water partition coefficient (Wildman–Crippen LogP) is 3.79. The van der Waals surface area contributed by atoms with Crippen LogP contribution in [-0.4, -0.2) is 23.5 Å². The molecule has 3 atom stereocenters. The number of rotatable bonds is 4. The van der Waals surface area contributed by atoms with Crippen molar-refractivity contribution < 1.29 is 0 Å². The van der Waals surface area contributed by atoms with Crippen molar-refractivity contribution in [2.45, 2.75) is 64.1 Å². The van der Waals surface area contributed by atoms with Gasteiger partial charge in [-0.3, -0.25) is 4.90 Å². The second-order valence-electron chi connectivity index (χ2n) is 5.51. The molecule has 1 aromatic rings. The van der Waals surface area contributed by atoms with Crippen LogP contribution in [-0.2, 0) is 0 Å². The monoisotopic (exact) mass is 266 g/mol. The lowest BCUT2D eigenvalue weighted by Gasteiger charge is -2.38. The van der Waals surface area contributed by atoms with E-state index in [2.05, 4.69) is 35.6 Å². The molecule has 0 spiro atoms. The SMILES string of the molecule is CCC1CCCCCN1C(c1ccsc1)C(C)N. The maximum Gasteiger partial charge on any atom is 0.0507 e. The molecule has 2 N–H and O–H groups in total. The fourth-order valence-corrected chi connectivity index (χ4v) is 3.93. The highest BCUT2D eigenvalue weighted by molar-refractivity contribution is 7.07. The van der Waals surface area contributed by atoms with Gasteiger partial charge in [0.15, 0.2) is 0 Å². The van der Waals surface area contributed by atoms with E-state index in [1.165, 1.54) is 44.2 Å². The normalized spacial score (nSPS) is 25.6. The third-order valence-corrected chi connectivity index (χ3v) is 4.84. The molecule has 3 unspecified atom stereocenters. The summed E-state index contributed by atoms with van der Waals surface area (Å²) in [4.78, 5) is 2.68. The van der Waals surface area contributed by atoms with Crippen LogP contribution in [0.3, 0.4) is 0 Å². The van der Waals surface area contributed by atoms with Crippen molar-refractivity contribution in [1.82, 2.24) is 4.90 Å². The van der Waals surface area contributed by atoms with Crippen molar-refractivity contribution in [3.05, 3.63) is 22.4 Å². The molecular formula is C15H26N2S. The lowest BCUT2D eigenvalue weighted by atomic mass is 9.98. The minimum Gasteiger partial charge on any atom is -0.326 e. The van der Waals surface area contributed by atoms with E-state index in [0.717, 1.165) is 0 Å². The van der Waals surface area contributed by atoms with Gasteiger partial charge in [0, 0.05) is 12.1 Å². The summed E-state index contributed by atoms with van der Waals surface area (Å²) in [5.74, 6) is 0. The molecule has 1 aliphatic rings. The average molecular weight is 266 g/mol. The Balaban J connectivity index is 2.22. The van der Waals surface area contributed by atoms with Crippen molar-refractivity contribution in [1.29, 1.82) is 0 Å². The van der Waals surface area contributed by atoms with Gasteiger partial charge in [0.2, 0.25) is 0 Å². The van der Waals surface area contributed by atoms with Gasteiger partial charge >= 0.3 is 0 Å². The second kappa shape index (κ2) is 6.69. The van der Waals surface area contributed by atoms with Gasteiger partial charge in [0.1, 0.15) is 0 Å². The molecule has 1 fully saturated rings. The van der Waals surface area contributed by atoms with Crippen molar-refractivity contribution >= 4 is 11.3 Å². The molecule has 0 aliphatic carbocycles. The fourth-order valence-electron chi connectivity index (χ4n) is 3.24. The number of hydrogen-bond donors (Lipinski definition) is 1. The minimum absolute atomic E-state index is 0.201. The summed E-state index contributed by atoms with van der Waals surface area (Å²) in [6.45, 7) is 5.68. The summed E-state index contributed by atoms with van der Waals surface area (Å²) in [5, 5.41) is 4.44. The van der Waals surface area contributed by atoms with E-state index >= 15 is 0 Å². The molecule has 0 saturated carbocycles. The molecule has 2 rings (SSSR count). The Labute approximate surface area is 115 Å². The third-order valence-electron chi connectivity index (χ3n) is 4.13. The van der Waals surface area contributed by atoms with Crippen molar-refractivity contribution in [2.24, 2.45) is 5.73 Å². The highest BCUT2D eigenvalue weighted by atomic mass is 32.1. The first-order chi connectivity index (χ1) is 8.74. The number of thiophene rings is 1. The Hall–Kier alpha value is -0.380. The molecule has 0 aromatic carbocycles. The Kier molecular flexibility index (Phi) is 5.22. The summed E-state index contributed by atoms with van der Waals surface area (Å²) < 4.78 is 0. The molecule has 102 valence electrons. The van der Waals surface area contributed by atoms with Crippen LogP contribution in [0.15, 0.2) is 16.8 Å². The number of hydrogen-bond acceptors (Lipinski definition) is 3. The summed E-state index contributed by atoms with van der Waals surface area (Å²) in [6, 6.07) is 3.56. The van der Waals surface area contributed by atoms with Gasteiger partial charge in [0.25, 0.3) is 0 Å². The first-order valence-electron chi connectivity index (χ1n) is 7.27. The topological polar surface area (TPSA) is 29.3 Å². The minimum atomic E-state index is 0.201. The highest BCUT2D eigenvalue weighted by Crippen LogP contribution is 2.32. The molecule has 3 heteroatoms. The van der Waals surface area contributed by atoms with Crippen LogP contribution in [0.2, 0.25) is 0 Å². The van der Waals surface area contributed by atoms with Gasteiger partial charge in [-0.15, -0.1) is 0 Å². The lowest BCUT2D eigenvalue weighted by molar-refractivity contribution is 0.117. The van der Waals surface area contributed by atoms with Gasteiger partial charge in [-0.05, 0) is 55.1 Å². The molecule has 1 saturated heterocycles. The first-order valence-corrected chi connectivity index (χ1v) is 8.21. The predicted molar refractivity (Wildman–Crippen MR) is 80.0 cm³/mol. The molecule has 2 heterocycles. The quantitative estimate of drug-likeness (QED) is 0.898. The molecule has 0 bridgehead atoms. The van der Waals surface area contributed by atoms with Crippen molar-refractivity contribution in [2.75, 3.05) is 6.54 Å². The Morgan fingerprint density at radius 2 is 2.28 bits per heavy atom. The molecule has 1 aromatic heterocycles. The van der Waals surface area contributed by atoms with E-state index in [1.807, 2.05) is 0 Å². The summed E-state index contributed by atoms with van der Waals surface area (Å²) in [6.07, 6.45) is 6.66. The summed E-state index contributed by atoms with van der Waals surface area (Å²) >= 11 is 1.78. The lowest BCUT2D eigenvalue weighted by Crippen LogP contribution is -2.44. The van der Waals surface area contributed by atoms with Crippen molar-refractivity contribution in [3.8, 4) is 0 Å². The number of nitrogens with zero attached hydrogens (tertiary/aromatic N) is 1. The van der Waals surface area contributed by atoms with E-state index in [-0.39, 0.29) is 6.04 Å². The maximum atomic E-state index is 6.29. The van der Waals surface area contributed by atoms with Crippen LogP contribution in [0.1, 0.15) is 57.6 Å². The average Bonchev–Trinajstić information content (AvgIpc) is 2.75. The molecule has 0 radical (unpaired) electrons. The third kappa shape index (κ3) is 3.14. The zero-order valence-electron chi connectivity index (χ0n) is 11.6. The fraction of sp³-hybridized carbons (Fsp3) is 0.733.